The zero-order valence-electron chi connectivity index (χ0n) is 10.9. The second kappa shape index (κ2) is 5.57. The first-order chi connectivity index (χ1) is 8.60. The Morgan fingerprint density at radius 2 is 2.17 bits per heavy atom. The van der Waals surface area contributed by atoms with Crippen molar-refractivity contribution in [2.24, 2.45) is 11.8 Å². The minimum atomic E-state index is -0.270. The van der Waals surface area contributed by atoms with E-state index < -0.39 is 0 Å². The Balaban J connectivity index is 2.04. The largest absolute Gasteiger partial charge is 0.483 e. The Labute approximate surface area is 107 Å². The van der Waals surface area contributed by atoms with Crippen molar-refractivity contribution in [2.75, 3.05) is 0 Å². The molecule has 1 aromatic rings. The molecule has 0 aromatic carbocycles. The predicted molar refractivity (Wildman–Crippen MR) is 67.5 cm³/mol. The molecule has 1 aliphatic carbocycles. The molecular weight excluding hydrogens is 232 g/mol. The average molecular weight is 252 g/mol. The number of hydrogen-bond acceptors (Lipinski definition) is 4. The first-order valence-corrected chi connectivity index (χ1v) is 6.49. The van der Waals surface area contributed by atoms with Crippen LogP contribution < -0.4 is 10.2 Å². The van der Waals surface area contributed by atoms with E-state index in [9.17, 15) is 4.79 Å². The summed E-state index contributed by atoms with van der Waals surface area (Å²) in [7, 11) is 0. The van der Waals surface area contributed by atoms with E-state index in [0.717, 1.165) is 25.2 Å². The maximum atomic E-state index is 11.7. The zero-order chi connectivity index (χ0) is 13.1. The molecule has 1 saturated carbocycles. The summed E-state index contributed by atoms with van der Waals surface area (Å²) in [4.78, 5) is 11.7. The lowest BCUT2D eigenvalue weighted by Crippen LogP contribution is -2.30. The Kier molecular flexibility index (Phi) is 4.07. The summed E-state index contributed by atoms with van der Waals surface area (Å²) in [6.45, 7) is 4.20. The molecule has 18 heavy (non-hydrogen) atoms. The molecule has 0 radical (unpaired) electrons. The van der Waals surface area contributed by atoms with Crippen LogP contribution in [0, 0.1) is 11.8 Å². The minimum absolute atomic E-state index is 0.0964. The van der Waals surface area contributed by atoms with Gasteiger partial charge in [-0.1, -0.05) is 13.8 Å². The van der Waals surface area contributed by atoms with E-state index in [0.29, 0.717) is 5.92 Å². The molecule has 4 nitrogen and oxygen atoms in total. The van der Waals surface area contributed by atoms with Gasteiger partial charge in [0.1, 0.15) is 18.6 Å². The van der Waals surface area contributed by atoms with Gasteiger partial charge in [0.05, 0.1) is 6.10 Å². The fourth-order valence-electron chi connectivity index (χ4n) is 2.39. The quantitative estimate of drug-likeness (QED) is 0.897. The van der Waals surface area contributed by atoms with Crippen LogP contribution in [-0.4, -0.2) is 11.2 Å². The second-order valence-electron chi connectivity index (χ2n) is 5.24. The summed E-state index contributed by atoms with van der Waals surface area (Å²) in [6, 6.07) is 1.28. The van der Waals surface area contributed by atoms with Crippen molar-refractivity contribution in [3.63, 3.8) is 0 Å². The standard InChI is InChI=1S/C14H20O4/c1-9-3-4-11(5-10(9)2)18-14-8-17-12(7-15)6-13(14)16/h6,8-11,15H,3-5,7H2,1-2H3. The molecule has 0 saturated heterocycles. The van der Waals surface area contributed by atoms with Gasteiger partial charge in [0.2, 0.25) is 11.2 Å². The summed E-state index contributed by atoms with van der Waals surface area (Å²) >= 11 is 0. The molecule has 1 aliphatic rings. The van der Waals surface area contributed by atoms with E-state index in [2.05, 4.69) is 13.8 Å². The monoisotopic (exact) mass is 252 g/mol. The minimum Gasteiger partial charge on any atom is -0.483 e. The number of aliphatic hydroxyl groups excluding tert-OH is 1. The Hall–Kier alpha value is -1.29. The number of hydrogen-bond donors (Lipinski definition) is 1. The summed E-state index contributed by atoms with van der Waals surface area (Å²) < 4.78 is 10.8. The van der Waals surface area contributed by atoms with E-state index in [1.54, 1.807) is 0 Å². The molecule has 0 bridgehead atoms. The zero-order valence-corrected chi connectivity index (χ0v) is 10.9. The fraction of sp³-hybridized carbons (Fsp3) is 0.643. The van der Waals surface area contributed by atoms with Crippen molar-refractivity contribution < 1.29 is 14.3 Å². The van der Waals surface area contributed by atoms with E-state index in [1.807, 2.05) is 0 Å². The Morgan fingerprint density at radius 3 is 2.78 bits per heavy atom. The van der Waals surface area contributed by atoms with Crippen molar-refractivity contribution >= 4 is 0 Å². The van der Waals surface area contributed by atoms with Crippen molar-refractivity contribution in [1.82, 2.24) is 0 Å². The molecular formula is C14H20O4. The Bertz CT molecular complexity index is 451. The molecule has 4 heteroatoms. The maximum absolute atomic E-state index is 11.7. The van der Waals surface area contributed by atoms with Gasteiger partial charge in [0.25, 0.3) is 0 Å². The third-order valence-corrected chi connectivity index (χ3v) is 3.85. The Morgan fingerprint density at radius 1 is 1.39 bits per heavy atom. The average Bonchev–Trinajstić information content (AvgIpc) is 2.36. The summed E-state index contributed by atoms with van der Waals surface area (Å²) in [5.74, 6) is 1.85. The normalized spacial score (nSPS) is 28.1. The van der Waals surface area contributed by atoms with E-state index in [-0.39, 0.29) is 29.6 Å². The molecule has 1 N–H and O–H groups in total. The topological polar surface area (TPSA) is 59.7 Å². The number of rotatable bonds is 3. The van der Waals surface area contributed by atoms with Crippen molar-refractivity contribution in [3.8, 4) is 5.75 Å². The summed E-state index contributed by atoms with van der Waals surface area (Å²) in [5.41, 5.74) is -0.225. The first kappa shape index (κ1) is 13.1. The smallest absolute Gasteiger partial charge is 0.227 e. The molecule has 0 spiro atoms. The van der Waals surface area contributed by atoms with Crippen LogP contribution in [0.3, 0.4) is 0 Å². The van der Waals surface area contributed by atoms with Gasteiger partial charge in [-0.2, -0.15) is 0 Å². The van der Waals surface area contributed by atoms with Gasteiger partial charge < -0.3 is 14.3 Å². The van der Waals surface area contributed by atoms with Gasteiger partial charge in [-0.05, 0) is 31.1 Å². The molecule has 1 heterocycles. The van der Waals surface area contributed by atoms with E-state index >= 15 is 0 Å². The SMILES string of the molecule is CC1CCC(Oc2coc(CO)cc2=O)CC1C. The highest BCUT2D eigenvalue weighted by molar-refractivity contribution is 5.17. The predicted octanol–water partition coefficient (Wildman–Crippen LogP) is 2.34. The van der Waals surface area contributed by atoms with Crippen molar-refractivity contribution in [3.05, 3.63) is 28.3 Å². The maximum Gasteiger partial charge on any atom is 0.227 e. The number of aliphatic hydroxyl groups is 1. The molecule has 1 fully saturated rings. The van der Waals surface area contributed by atoms with Crippen LogP contribution in [0.5, 0.6) is 5.75 Å². The lowest BCUT2D eigenvalue weighted by Gasteiger charge is -2.31. The van der Waals surface area contributed by atoms with Gasteiger partial charge in [-0.3, -0.25) is 4.79 Å². The van der Waals surface area contributed by atoms with Crippen molar-refractivity contribution in [2.45, 2.75) is 45.8 Å². The van der Waals surface area contributed by atoms with Crippen molar-refractivity contribution in [1.29, 1.82) is 0 Å². The summed E-state index contributed by atoms with van der Waals surface area (Å²) in [5, 5.41) is 8.86. The lowest BCUT2D eigenvalue weighted by atomic mass is 9.80. The first-order valence-electron chi connectivity index (χ1n) is 6.49. The molecule has 2 rings (SSSR count). The van der Waals surface area contributed by atoms with Crippen LogP contribution in [0.2, 0.25) is 0 Å². The van der Waals surface area contributed by atoms with Crippen LogP contribution in [-0.2, 0) is 6.61 Å². The highest BCUT2D eigenvalue weighted by atomic mass is 16.5. The lowest BCUT2D eigenvalue weighted by molar-refractivity contribution is 0.0968. The van der Waals surface area contributed by atoms with Gasteiger partial charge in [-0.25, -0.2) is 0 Å². The van der Waals surface area contributed by atoms with Crippen LogP contribution in [0.25, 0.3) is 0 Å². The third-order valence-electron chi connectivity index (χ3n) is 3.85. The molecule has 3 atom stereocenters. The molecule has 3 unspecified atom stereocenters. The highest BCUT2D eigenvalue weighted by Crippen LogP contribution is 2.31. The van der Waals surface area contributed by atoms with Crippen LogP contribution in [0.4, 0.5) is 0 Å². The molecule has 1 aromatic heterocycles. The highest BCUT2D eigenvalue weighted by Gasteiger charge is 2.26. The van der Waals surface area contributed by atoms with Gasteiger partial charge >= 0.3 is 0 Å². The number of ether oxygens (including phenoxy) is 1. The van der Waals surface area contributed by atoms with E-state index in [1.165, 1.54) is 12.3 Å². The van der Waals surface area contributed by atoms with Gasteiger partial charge in [0.15, 0.2) is 0 Å². The second-order valence-corrected chi connectivity index (χ2v) is 5.24. The van der Waals surface area contributed by atoms with Crippen LogP contribution >= 0.6 is 0 Å². The third kappa shape index (κ3) is 2.93. The summed E-state index contributed by atoms with van der Waals surface area (Å²) in [6.07, 6.45) is 4.48. The molecule has 100 valence electrons. The van der Waals surface area contributed by atoms with Crippen LogP contribution in [0.1, 0.15) is 38.9 Å². The van der Waals surface area contributed by atoms with E-state index in [4.69, 9.17) is 14.3 Å². The van der Waals surface area contributed by atoms with Gasteiger partial charge in [-0.15, -0.1) is 0 Å². The molecule has 0 amide bonds. The van der Waals surface area contributed by atoms with Crippen LogP contribution in [0.15, 0.2) is 21.5 Å². The molecule has 0 aliphatic heterocycles. The van der Waals surface area contributed by atoms with Gasteiger partial charge in [0, 0.05) is 6.07 Å². The fourth-order valence-corrected chi connectivity index (χ4v) is 2.39.